The van der Waals surface area contributed by atoms with E-state index < -0.39 is 32.7 Å². The molecule has 2 aliphatic heterocycles. The molecule has 0 aromatic heterocycles. The van der Waals surface area contributed by atoms with Gasteiger partial charge < -0.3 is 23.7 Å². The quantitative estimate of drug-likeness (QED) is 0.130. The number of nitrogens with one attached hydrogen (secondary N) is 1. The molecule has 0 saturated carbocycles. The summed E-state index contributed by atoms with van der Waals surface area (Å²) >= 11 is 0. The molecule has 0 spiro atoms. The van der Waals surface area contributed by atoms with Crippen LogP contribution in [0.4, 0.5) is 4.79 Å². The Bertz CT molecular complexity index is 493. The molecule has 1 N–H and O–H groups in total. The van der Waals surface area contributed by atoms with Gasteiger partial charge in [0.2, 0.25) is 0 Å². The highest BCUT2D eigenvalue weighted by Crippen LogP contribution is 2.30. The van der Waals surface area contributed by atoms with Crippen molar-refractivity contribution in [2.45, 2.75) is 82.6 Å². The van der Waals surface area contributed by atoms with Gasteiger partial charge in [-0.3, -0.25) is 0 Å². The fourth-order valence-electron chi connectivity index (χ4n) is 2.79. The zero-order valence-corrected chi connectivity index (χ0v) is 18.5. The second-order valence-electron chi connectivity index (χ2n) is 8.40. The Morgan fingerprint density at radius 1 is 1.36 bits per heavy atom. The fourth-order valence-corrected chi connectivity index (χ4v) is 3.55. The third-order valence-corrected chi connectivity index (χ3v) is 6.34. The smallest absolute Gasteiger partial charge is 0.431 e. The van der Waals surface area contributed by atoms with Crippen LogP contribution in [0.2, 0.25) is 25.7 Å². The SMILES string of the molecule is C=C[C@H](OCOCC[Si](C)(C)C)[C@@H](OC(=O)NOC1CCCCO1)[C@H]1O[C@@H]1C. The molecule has 0 radical (unpaired) electrons. The number of carbonyl (C=O) groups is 1. The van der Waals surface area contributed by atoms with E-state index in [1.54, 1.807) is 6.08 Å². The van der Waals surface area contributed by atoms with E-state index in [9.17, 15) is 4.79 Å². The highest BCUT2D eigenvalue weighted by atomic mass is 28.3. The summed E-state index contributed by atoms with van der Waals surface area (Å²) in [4.78, 5) is 17.4. The summed E-state index contributed by atoms with van der Waals surface area (Å²) in [5, 5.41) is 0. The monoisotopic (exact) mass is 417 g/mol. The number of rotatable bonds is 12. The first-order valence-electron chi connectivity index (χ1n) is 10.0. The van der Waals surface area contributed by atoms with E-state index in [0.717, 1.165) is 25.3 Å². The Labute approximate surface area is 168 Å². The molecule has 5 atom stereocenters. The zero-order chi connectivity index (χ0) is 20.6. The van der Waals surface area contributed by atoms with Gasteiger partial charge in [-0.25, -0.2) is 9.63 Å². The number of amides is 1. The van der Waals surface area contributed by atoms with Gasteiger partial charge in [-0.1, -0.05) is 25.7 Å². The highest BCUT2D eigenvalue weighted by Gasteiger charge is 2.47. The maximum absolute atomic E-state index is 12.2. The summed E-state index contributed by atoms with van der Waals surface area (Å²) in [5.41, 5.74) is 2.29. The summed E-state index contributed by atoms with van der Waals surface area (Å²) in [5.74, 6) is 0. The molecule has 2 aliphatic rings. The Balaban J connectivity index is 1.76. The molecule has 0 bridgehead atoms. The van der Waals surface area contributed by atoms with E-state index >= 15 is 0 Å². The van der Waals surface area contributed by atoms with Crippen LogP contribution >= 0.6 is 0 Å². The van der Waals surface area contributed by atoms with Crippen LogP contribution in [0.3, 0.4) is 0 Å². The van der Waals surface area contributed by atoms with Gasteiger partial charge in [-0.05, 0) is 25.8 Å². The molecule has 8 nitrogen and oxygen atoms in total. The lowest BCUT2D eigenvalue weighted by Crippen LogP contribution is -2.42. The molecule has 9 heteroatoms. The van der Waals surface area contributed by atoms with Gasteiger partial charge in [-0.15, -0.1) is 6.58 Å². The minimum absolute atomic E-state index is 0.0146. The van der Waals surface area contributed by atoms with E-state index in [2.05, 4.69) is 31.7 Å². The highest BCUT2D eigenvalue weighted by molar-refractivity contribution is 6.76. The first kappa shape index (κ1) is 23.3. The van der Waals surface area contributed by atoms with E-state index in [1.165, 1.54) is 0 Å². The van der Waals surface area contributed by atoms with Gasteiger partial charge in [-0.2, -0.15) is 5.48 Å². The van der Waals surface area contributed by atoms with Crippen molar-refractivity contribution < 1.29 is 33.3 Å². The third kappa shape index (κ3) is 8.58. The van der Waals surface area contributed by atoms with Gasteiger partial charge in [0.15, 0.2) is 12.4 Å². The number of ether oxygens (including phenoxy) is 5. The van der Waals surface area contributed by atoms with Crippen LogP contribution in [0.25, 0.3) is 0 Å². The van der Waals surface area contributed by atoms with Crippen LogP contribution in [-0.4, -0.2) is 64.9 Å². The predicted molar refractivity (Wildman–Crippen MR) is 106 cm³/mol. The van der Waals surface area contributed by atoms with Crippen LogP contribution in [0.5, 0.6) is 0 Å². The molecule has 1 unspecified atom stereocenters. The Morgan fingerprint density at radius 3 is 2.68 bits per heavy atom. The van der Waals surface area contributed by atoms with Crippen molar-refractivity contribution in [3.63, 3.8) is 0 Å². The minimum Gasteiger partial charge on any atom is -0.439 e. The van der Waals surface area contributed by atoms with Gasteiger partial charge in [0, 0.05) is 27.7 Å². The summed E-state index contributed by atoms with van der Waals surface area (Å²) < 4.78 is 27.7. The van der Waals surface area contributed by atoms with Crippen molar-refractivity contribution in [1.82, 2.24) is 5.48 Å². The standard InChI is InChI=1S/C19H35NO7Si/c1-6-15(24-13-22-11-12-28(3,4)5)18(17-14(2)25-17)26-19(21)20-27-16-9-7-8-10-23-16/h6,14-18H,1,7-13H2,2-5H3,(H,20,21)/t14-,15+,16?,17+,18-/m1/s1. The Hall–Kier alpha value is -0.973. The number of hydrogen-bond acceptors (Lipinski definition) is 7. The molecule has 2 rings (SSSR count). The molecule has 2 saturated heterocycles. The molecule has 1 amide bonds. The van der Waals surface area contributed by atoms with Crippen molar-refractivity contribution in [3.05, 3.63) is 12.7 Å². The van der Waals surface area contributed by atoms with Crippen molar-refractivity contribution >= 4 is 14.2 Å². The molecule has 28 heavy (non-hydrogen) atoms. The van der Waals surface area contributed by atoms with Crippen molar-refractivity contribution in [3.8, 4) is 0 Å². The Kier molecular flexibility index (Phi) is 9.38. The average Bonchev–Trinajstić information content (AvgIpc) is 3.38. The maximum atomic E-state index is 12.2. The lowest BCUT2D eigenvalue weighted by Gasteiger charge is -2.25. The number of epoxide rings is 1. The molecular weight excluding hydrogens is 382 g/mol. The van der Waals surface area contributed by atoms with E-state index in [4.69, 9.17) is 28.5 Å². The number of carbonyl (C=O) groups excluding carboxylic acids is 1. The van der Waals surface area contributed by atoms with Gasteiger partial charge in [0.1, 0.15) is 19.0 Å². The summed E-state index contributed by atoms with van der Waals surface area (Å²) in [6.45, 7) is 14.0. The number of hydrogen-bond donors (Lipinski definition) is 1. The summed E-state index contributed by atoms with van der Waals surface area (Å²) in [7, 11) is -1.15. The van der Waals surface area contributed by atoms with Crippen LogP contribution in [0, 0.1) is 0 Å². The second-order valence-corrected chi connectivity index (χ2v) is 14.0. The van der Waals surface area contributed by atoms with Crippen molar-refractivity contribution in [2.75, 3.05) is 20.0 Å². The van der Waals surface area contributed by atoms with Crippen LogP contribution < -0.4 is 5.48 Å². The lowest BCUT2D eigenvalue weighted by atomic mass is 10.1. The van der Waals surface area contributed by atoms with Gasteiger partial charge in [0.25, 0.3) is 0 Å². The van der Waals surface area contributed by atoms with Crippen LogP contribution in [0.15, 0.2) is 12.7 Å². The molecular formula is C19H35NO7Si. The first-order chi connectivity index (χ1) is 13.3. The Morgan fingerprint density at radius 2 is 2.11 bits per heavy atom. The first-order valence-corrected chi connectivity index (χ1v) is 13.7. The predicted octanol–water partition coefficient (Wildman–Crippen LogP) is 3.21. The van der Waals surface area contributed by atoms with Crippen molar-refractivity contribution in [1.29, 1.82) is 0 Å². The normalized spacial score (nSPS) is 26.9. The lowest BCUT2D eigenvalue weighted by molar-refractivity contribution is -0.192. The summed E-state index contributed by atoms with van der Waals surface area (Å²) in [6.07, 6.45) is 1.74. The third-order valence-electron chi connectivity index (χ3n) is 4.63. The molecule has 162 valence electrons. The summed E-state index contributed by atoms with van der Waals surface area (Å²) in [6, 6.07) is 1.06. The van der Waals surface area contributed by atoms with Gasteiger partial charge >= 0.3 is 6.09 Å². The zero-order valence-electron chi connectivity index (χ0n) is 17.5. The minimum atomic E-state index is -1.15. The molecule has 2 heterocycles. The molecule has 0 aromatic rings. The number of hydroxylamine groups is 1. The van der Waals surface area contributed by atoms with Crippen LogP contribution in [0.1, 0.15) is 26.2 Å². The molecule has 0 aliphatic carbocycles. The van der Waals surface area contributed by atoms with Crippen LogP contribution in [-0.2, 0) is 28.5 Å². The topological polar surface area (TPSA) is 87.8 Å². The average molecular weight is 418 g/mol. The fraction of sp³-hybridized carbons (Fsp3) is 0.842. The van der Waals surface area contributed by atoms with E-state index in [-0.39, 0.29) is 19.0 Å². The maximum Gasteiger partial charge on any atom is 0.431 e. The van der Waals surface area contributed by atoms with Crippen molar-refractivity contribution in [2.24, 2.45) is 0 Å². The molecule has 2 fully saturated rings. The van der Waals surface area contributed by atoms with Gasteiger partial charge in [0.05, 0.1) is 6.10 Å². The van der Waals surface area contributed by atoms with E-state index in [1.807, 2.05) is 6.92 Å². The largest absolute Gasteiger partial charge is 0.439 e. The molecule has 0 aromatic carbocycles. The van der Waals surface area contributed by atoms with E-state index in [0.29, 0.717) is 13.2 Å². The second kappa shape index (κ2) is 11.3.